The minimum atomic E-state index is -4.20. The van der Waals surface area contributed by atoms with Gasteiger partial charge in [0.15, 0.2) is 0 Å². The fraction of sp³-hybridized carbons (Fsp3) is 0.889. The zero-order chi connectivity index (χ0) is 24.8. The van der Waals surface area contributed by atoms with Crippen molar-refractivity contribution in [1.82, 2.24) is 20.4 Å². The molecule has 0 aliphatic carbocycles. The minimum absolute atomic E-state index is 0.195. The lowest BCUT2D eigenvalue weighted by molar-refractivity contribution is -0.124. The van der Waals surface area contributed by atoms with Crippen LogP contribution in [0.15, 0.2) is 0 Å². The van der Waals surface area contributed by atoms with Crippen molar-refractivity contribution in [2.45, 2.75) is 51.6 Å². The van der Waals surface area contributed by atoms with Gasteiger partial charge in [-0.1, -0.05) is 0 Å². The summed E-state index contributed by atoms with van der Waals surface area (Å²) >= 11 is 0. The zero-order valence-electron chi connectivity index (χ0n) is 19.1. The number of amides is 2. The molecule has 1 aliphatic rings. The van der Waals surface area contributed by atoms with E-state index in [4.69, 9.17) is 9.11 Å². The molecular weight excluding hydrogens is 464 g/mol. The molecule has 32 heavy (non-hydrogen) atoms. The van der Waals surface area contributed by atoms with Crippen LogP contribution in [-0.4, -0.2) is 109 Å². The summed E-state index contributed by atoms with van der Waals surface area (Å²) in [5, 5.41) is 5.23. The van der Waals surface area contributed by atoms with Crippen LogP contribution < -0.4 is 10.6 Å². The van der Waals surface area contributed by atoms with E-state index < -0.39 is 42.8 Å². The fourth-order valence-corrected chi connectivity index (χ4v) is 5.59. The molecule has 0 aromatic rings. The van der Waals surface area contributed by atoms with E-state index in [0.29, 0.717) is 39.3 Å². The van der Waals surface area contributed by atoms with E-state index in [1.165, 1.54) is 27.7 Å². The summed E-state index contributed by atoms with van der Waals surface area (Å²) in [6, 6.07) is 0. The van der Waals surface area contributed by atoms with Gasteiger partial charge in [-0.2, -0.15) is 16.8 Å². The van der Waals surface area contributed by atoms with Crippen molar-refractivity contribution in [2.75, 3.05) is 50.8 Å². The molecule has 0 atom stereocenters. The van der Waals surface area contributed by atoms with Crippen LogP contribution in [-0.2, 0) is 29.8 Å². The third-order valence-electron chi connectivity index (χ3n) is 4.82. The highest BCUT2D eigenvalue weighted by molar-refractivity contribution is 7.86. The van der Waals surface area contributed by atoms with E-state index in [2.05, 4.69) is 20.4 Å². The fourth-order valence-electron chi connectivity index (χ4n) is 3.62. The summed E-state index contributed by atoms with van der Waals surface area (Å²) in [4.78, 5) is 28.4. The lowest BCUT2D eigenvalue weighted by Gasteiger charge is -2.35. The summed E-state index contributed by atoms with van der Waals surface area (Å²) in [7, 11) is -8.39. The van der Waals surface area contributed by atoms with Gasteiger partial charge in [-0.15, -0.1) is 0 Å². The van der Waals surface area contributed by atoms with E-state index >= 15 is 0 Å². The van der Waals surface area contributed by atoms with Crippen LogP contribution >= 0.6 is 0 Å². The first kappa shape index (κ1) is 28.7. The standard InChI is InChI=1S/C18H36N4O8S2/c1-17(2,13-31(25,26)27)19-15(23)5-7-21-9-11-22(12-10-21)8-6-16(24)20-18(3,4)14-32(28,29)30/h5-14H2,1-4H3,(H,19,23)(H,20,24)(H,25,26,27)(H,28,29,30). The second-order valence-electron chi connectivity index (χ2n) is 9.50. The molecule has 4 N–H and O–H groups in total. The summed E-state index contributed by atoms with van der Waals surface area (Å²) in [5.74, 6) is -1.73. The maximum atomic E-state index is 12.1. The maximum Gasteiger partial charge on any atom is 0.267 e. The molecule has 1 saturated heterocycles. The minimum Gasteiger partial charge on any atom is -0.350 e. The number of nitrogens with one attached hydrogen (secondary N) is 2. The Kier molecular flexibility index (Phi) is 10.1. The molecule has 0 spiro atoms. The van der Waals surface area contributed by atoms with Crippen molar-refractivity contribution in [3.63, 3.8) is 0 Å². The van der Waals surface area contributed by atoms with Gasteiger partial charge in [0.1, 0.15) is 0 Å². The second-order valence-corrected chi connectivity index (χ2v) is 12.4. The molecule has 14 heteroatoms. The maximum absolute atomic E-state index is 12.1. The Balaban J connectivity index is 2.31. The van der Waals surface area contributed by atoms with Crippen LogP contribution in [0.25, 0.3) is 0 Å². The molecule has 1 heterocycles. The van der Waals surface area contributed by atoms with E-state index in [9.17, 15) is 26.4 Å². The van der Waals surface area contributed by atoms with Crippen LogP contribution in [0, 0.1) is 0 Å². The van der Waals surface area contributed by atoms with Crippen LogP contribution in [0.4, 0.5) is 0 Å². The van der Waals surface area contributed by atoms with Gasteiger partial charge in [-0.25, -0.2) is 0 Å². The number of hydrogen-bond donors (Lipinski definition) is 4. The lowest BCUT2D eigenvalue weighted by atomic mass is 10.1. The molecule has 0 saturated carbocycles. The number of hydrogen-bond acceptors (Lipinski definition) is 8. The smallest absolute Gasteiger partial charge is 0.267 e. The Morgan fingerprint density at radius 3 is 1.25 bits per heavy atom. The van der Waals surface area contributed by atoms with Gasteiger partial charge in [0.25, 0.3) is 20.2 Å². The SMILES string of the molecule is CC(C)(CS(=O)(=O)O)NC(=O)CCN1CCN(CCC(=O)NC(C)(C)CS(=O)(=O)O)CC1. The van der Waals surface area contributed by atoms with Crippen LogP contribution in [0.1, 0.15) is 40.5 Å². The molecule has 1 rings (SSSR count). The van der Waals surface area contributed by atoms with Crippen molar-refractivity contribution >= 4 is 32.1 Å². The summed E-state index contributed by atoms with van der Waals surface area (Å²) in [6.07, 6.45) is 0.389. The molecule has 1 aliphatic heterocycles. The van der Waals surface area contributed by atoms with Gasteiger partial charge in [0.2, 0.25) is 11.8 Å². The summed E-state index contributed by atoms with van der Waals surface area (Å²) in [6.45, 7) is 9.94. The van der Waals surface area contributed by atoms with Crippen molar-refractivity contribution in [2.24, 2.45) is 0 Å². The molecule has 188 valence electrons. The average molecular weight is 501 g/mol. The van der Waals surface area contributed by atoms with Crippen LogP contribution in [0.3, 0.4) is 0 Å². The highest BCUT2D eigenvalue weighted by Crippen LogP contribution is 2.09. The Bertz CT molecular complexity index is 791. The van der Waals surface area contributed by atoms with Crippen molar-refractivity contribution < 1.29 is 35.5 Å². The Hall–Kier alpha value is -1.32. The van der Waals surface area contributed by atoms with Crippen LogP contribution in [0.5, 0.6) is 0 Å². The first-order chi connectivity index (χ1) is 14.4. The van der Waals surface area contributed by atoms with E-state index in [1.807, 2.05) is 0 Å². The number of carbonyl (C=O) groups is 2. The molecule has 0 aromatic carbocycles. The predicted molar refractivity (Wildman–Crippen MR) is 119 cm³/mol. The van der Waals surface area contributed by atoms with E-state index in [1.54, 1.807) is 0 Å². The van der Waals surface area contributed by atoms with Gasteiger partial charge < -0.3 is 20.4 Å². The highest BCUT2D eigenvalue weighted by atomic mass is 32.2. The first-order valence-electron chi connectivity index (χ1n) is 10.3. The van der Waals surface area contributed by atoms with Crippen molar-refractivity contribution in [3.8, 4) is 0 Å². The van der Waals surface area contributed by atoms with Gasteiger partial charge in [-0.05, 0) is 27.7 Å². The predicted octanol–water partition coefficient (Wildman–Crippen LogP) is -1.05. The number of nitrogens with zero attached hydrogens (tertiary/aromatic N) is 2. The van der Waals surface area contributed by atoms with Crippen LogP contribution in [0.2, 0.25) is 0 Å². The third kappa shape index (κ3) is 13.3. The third-order valence-corrected chi connectivity index (χ3v) is 6.99. The Morgan fingerprint density at radius 1 is 0.719 bits per heavy atom. The molecule has 2 amide bonds. The molecule has 0 aromatic heterocycles. The largest absolute Gasteiger partial charge is 0.350 e. The Morgan fingerprint density at radius 2 is 1.00 bits per heavy atom. The summed E-state index contributed by atoms with van der Waals surface area (Å²) < 4.78 is 62.0. The van der Waals surface area contributed by atoms with Gasteiger partial charge in [0.05, 0.1) is 22.6 Å². The normalized spacial score (nSPS) is 17.2. The zero-order valence-corrected chi connectivity index (χ0v) is 20.8. The Labute approximate surface area is 190 Å². The molecule has 12 nitrogen and oxygen atoms in total. The van der Waals surface area contributed by atoms with E-state index in [0.717, 1.165) is 0 Å². The number of rotatable bonds is 12. The molecule has 0 radical (unpaired) electrons. The quantitative estimate of drug-likeness (QED) is 0.242. The number of piperazine rings is 1. The highest BCUT2D eigenvalue weighted by Gasteiger charge is 2.28. The topological polar surface area (TPSA) is 173 Å². The molecule has 1 fully saturated rings. The molecular formula is C18H36N4O8S2. The first-order valence-corrected chi connectivity index (χ1v) is 13.5. The average Bonchev–Trinajstić information content (AvgIpc) is 2.53. The van der Waals surface area contributed by atoms with Gasteiger partial charge >= 0.3 is 0 Å². The molecule has 0 unspecified atom stereocenters. The monoisotopic (exact) mass is 500 g/mol. The van der Waals surface area contributed by atoms with Gasteiger partial charge in [-0.3, -0.25) is 18.7 Å². The summed E-state index contributed by atoms with van der Waals surface area (Å²) in [5.41, 5.74) is -2.14. The lowest BCUT2D eigenvalue weighted by Crippen LogP contribution is -2.51. The van der Waals surface area contributed by atoms with Crippen molar-refractivity contribution in [1.29, 1.82) is 0 Å². The number of carbonyl (C=O) groups excluding carboxylic acids is 2. The molecule has 0 bridgehead atoms. The van der Waals surface area contributed by atoms with E-state index in [-0.39, 0.29) is 24.7 Å². The van der Waals surface area contributed by atoms with Gasteiger partial charge in [0, 0.05) is 52.1 Å². The van der Waals surface area contributed by atoms with Crippen molar-refractivity contribution in [3.05, 3.63) is 0 Å². The second kappa shape index (κ2) is 11.2.